The number of rotatable bonds is 2. The van der Waals surface area contributed by atoms with Gasteiger partial charge in [0.05, 0.1) is 0 Å². The summed E-state index contributed by atoms with van der Waals surface area (Å²) in [6.45, 7) is 0. The molecule has 3 nitrogen and oxygen atoms in total. The number of fused-ring (bicyclic) bond motifs is 1. The van der Waals surface area contributed by atoms with Crippen LogP contribution in [0, 0.1) is 5.82 Å². The van der Waals surface area contributed by atoms with Crippen molar-refractivity contribution in [1.82, 2.24) is 0 Å². The van der Waals surface area contributed by atoms with Crippen LogP contribution in [-0.2, 0) is 11.2 Å². The topological polar surface area (TPSA) is 52.3 Å². The van der Waals surface area contributed by atoms with Crippen LogP contribution in [0.4, 0.5) is 9.18 Å². The van der Waals surface area contributed by atoms with Crippen LogP contribution in [-0.4, -0.2) is 6.09 Å². The van der Waals surface area contributed by atoms with E-state index in [0.29, 0.717) is 0 Å². The molecule has 3 rings (SSSR count). The maximum absolute atomic E-state index is 13.0. The van der Waals surface area contributed by atoms with Crippen molar-refractivity contribution in [2.75, 3.05) is 0 Å². The van der Waals surface area contributed by atoms with Crippen molar-refractivity contribution in [3.8, 4) is 11.1 Å². The molecule has 0 heterocycles. The second-order valence-electron chi connectivity index (χ2n) is 5.24. The third-order valence-corrected chi connectivity index (χ3v) is 3.84. The highest BCUT2D eigenvalue weighted by Gasteiger charge is 2.23. The molecule has 0 radical (unpaired) electrons. The van der Waals surface area contributed by atoms with E-state index in [1.165, 1.54) is 12.1 Å². The molecule has 0 fully saturated rings. The molecule has 2 aromatic rings. The zero-order valence-corrected chi connectivity index (χ0v) is 11.5. The number of hydrogen-bond acceptors (Lipinski definition) is 2. The second kappa shape index (κ2) is 5.56. The fourth-order valence-corrected chi connectivity index (χ4v) is 2.85. The van der Waals surface area contributed by atoms with Crippen LogP contribution in [0.2, 0.25) is 0 Å². The van der Waals surface area contributed by atoms with Gasteiger partial charge in [-0.2, -0.15) is 0 Å². The summed E-state index contributed by atoms with van der Waals surface area (Å²) in [6, 6.07) is 12.4. The van der Waals surface area contributed by atoms with Crippen molar-refractivity contribution in [3.05, 3.63) is 59.4 Å². The maximum atomic E-state index is 13.0. The number of halogens is 1. The summed E-state index contributed by atoms with van der Waals surface area (Å²) in [7, 11) is 0. The van der Waals surface area contributed by atoms with E-state index in [-0.39, 0.29) is 11.9 Å². The number of carbonyl (C=O) groups is 1. The van der Waals surface area contributed by atoms with Crippen LogP contribution in [0.25, 0.3) is 11.1 Å². The monoisotopic (exact) mass is 285 g/mol. The second-order valence-corrected chi connectivity index (χ2v) is 5.24. The molecule has 0 bridgehead atoms. The van der Waals surface area contributed by atoms with Gasteiger partial charge < -0.3 is 10.5 Å². The lowest BCUT2D eigenvalue weighted by Crippen LogP contribution is -2.20. The molecule has 2 N–H and O–H groups in total. The van der Waals surface area contributed by atoms with Crippen molar-refractivity contribution in [2.45, 2.75) is 25.4 Å². The number of nitrogens with two attached hydrogens (primary N) is 1. The Hall–Kier alpha value is -2.36. The van der Waals surface area contributed by atoms with Crippen molar-refractivity contribution in [2.24, 2.45) is 5.73 Å². The van der Waals surface area contributed by atoms with Gasteiger partial charge in [-0.1, -0.05) is 30.3 Å². The fourth-order valence-electron chi connectivity index (χ4n) is 2.85. The molecule has 1 unspecified atom stereocenters. The van der Waals surface area contributed by atoms with E-state index in [0.717, 1.165) is 41.5 Å². The van der Waals surface area contributed by atoms with Crippen LogP contribution >= 0.6 is 0 Å². The Morgan fingerprint density at radius 1 is 1.14 bits per heavy atom. The molecule has 21 heavy (non-hydrogen) atoms. The lowest BCUT2D eigenvalue weighted by atomic mass is 9.87. The number of benzene rings is 2. The normalized spacial score (nSPS) is 17.1. The molecule has 1 atom stereocenters. The van der Waals surface area contributed by atoms with E-state index in [2.05, 4.69) is 6.07 Å². The Balaban J connectivity index is 1.94. The summed E-state index contributed by atoms with van der Waals surface area (Å²) >= 11 is 0. The van der Waals surface area contributed by atoms with Gasteiger partial charge in [-0.3, -0.25) is 0 Å². The van der Waals surface area contributed by atoms with Gasteiger partial charge in [-0.25, -0.2) is 9.18 Å². The molecular weight excluding hydrogens is 269 g/mol. The molecule has 1 aliphatic rings. The zero-order valence-electron chi connectivity index (χ0n) is 11.5. The highest BCUT2D eigenvalue weighted by molar-refractivity contribution is 5.67. The van der Waals surface area contributed by atoms with E-state index >= 15 is 0 Å². The van der Waals surface area contributed by atoms with E-state index in [4.69, 9.17) is 10.5 Å². The summed E-state index contributed by atoms with van der Waals surface area (Å²) in [5, 5.41) is 0. The lowest BCUT2D eigenvalue weighted by Gasteiger charge is -2.25. The highest BCUT2D eigenvalue weighted by atomic mass is 19.1. The van der Waals surface area contributed by atoms with Gasteiger partial charge in [0.1, 0.15) is 11.9 Å². The first kappa shape index (κ1) is 13.6. The van der Waals surface area contributed by atoms with Gasteiger partial charge in [0.2, 0.25) is 0 Å². The first-order chi connectivity index (χ1) is 10.1. The van der Waals surface area contributed by atoms with Gasteiger partial charge in [0.15, 0.2) is 0 Å². The molecule has 108 valence electrons. The molecule has 0 saturated carbocycles. The number of hydrogen-bond donors (Lipinski definition) is 1. The molecule has 2 aromatic carbocycles. The lowest BCUT2D eigenvalue weighted by molar-refractivity contribution is 0.0959. The SMILES string of the molecule is NC(=O)OC1CCCc2cc(-c3ccc(F)cc3)ccc21. The summed E-state index contributed by atoms with van der Waals surface area (Å²) in [4.78, 5) is 11.0. The summed E-state index contributed by atoms with van der Waals surface area (Å²) in [5.74, 6) is -0.244. The molecule has 1 amide bonds. The Labute approximate surface area is 122 Å². The Morgan fingerprint density at radius 3 is 2.57 bits per heavy atom. The minimum absolute atomic E-state index is 0.244. The van der Waals surface area contributed by atoms with E-state index in [9.17, 15) is 9.18 Å². The predicted octanol–water partition coefficient (Wildman–Crippen LogP) is 3.97. The van der Waals surface area contributed by atoms with E-state index < -0.39 is 6.09 Å². The minimum Gasteiger partial charge on any atom is -0.442 e. The highest BCUT2D eigenvalue weighted by Crippen LogP contribution is 2.35. The van der Waals surface area contributed by atoms with Crippen LogP contribution in [0.5, 0.6) is 0 Å². The number of amides is 1. The first-order valence-electron chi connectivity index (χ1n) is 6.98. The quantitative estimate of drug-likeness (QED) is 0.907. The van der Waals surface area contributed by atoms with E-state index in [1.54, 1.807) is 12.1 Å². The van der Waals surface area contributed by atoms with Gasteiger partial charge in [0.25, 0.3) is 0 Å². The van der Waals surface area contributed by atoms with Crippen molar-refractivity contribution in [1.29, 1.82) is 0 Å². The van der Waals surface area contributed by atoms with Crippen molar-refractivity contribution < 1.29 is 13.9 Å². The summed E-state index contributed by atoms with van der Waals surface area (Å²) in [5.41, 5.74) is 9.30. The van der Waals surface area contributed by atoms with Crippen LogP contribution in [0.3, 0.4) is 0 Å². The summed E-state index contributed by atoms with van der Waals surface area (Å²) < 4.78 is 18.2. The Kier molecular flexibility index (Phi) is 3.60. The number of primary amides is 1. The fraction of sp³-hybridized carbons (Fsp3) is 0.235. The average molecular weight is 285 g/mol. The zero-order chi connectivity index (χ0) is 14.8. The smallest absolute Gasteiger partial charge is 0.405 e. The number of ether oxygens (including phenoxy) is 1. The maximum Gasteiger partial charge on any atom is 0.405 e. The van der Waals surface area contributed by atoms with E-state index in [1.807, 2.05) is 12.1 Å². The molecule has 1 aliphatic carbocycles. The molecule has 0 aromatic heterocycles. The largest absolute Gasteiger partial charge is 0.442 e. The Morgan fingerprint density at radius 2 is 1.86 bits per heavy atom. The standard InChI is InChI=1S/C17H16FNO2/c18-14-7-4-11(5-8-14)12-6-9-15-13(10-12)2-1-3-16(15)21-17(19)20/h4-10,16H,1-3H2,(H2,19,20). The summed E-state index contributed by atoms with van der Waals surface area (Å²) in [6.07, 6.45) is 1.70. The molecule has 0 spiro atoms. The number of carbonyl (C=O) groups excluding carboxylic acids is 1. The average Bonchev–Trinajstić information content (AvgIpc) is 2.47. The Bertz CT molecular complexity index is 667. The van der Waals surface area contributed by atoms with Gasteiger partial charge in [-0.15, -0.1) is 0 Å². The van der Waals surface area contributed by atoms with Crippen LogP contribution < -0.4 is 5.73 Å². The third kappa shape index (κ3) is 2.89. The molecule has 0 saturated heterocycles. The minimum atomic E-state index is -0.740. The number of aryl methyl sites for hydroxylation is 1. The molecular formula is C17H16FNO2. The van der Waals surface area contributed by atoms with Crippen molar-refractivity contribution >= 4 is 6.09 Å². The van der Waals surface area contributed by atoms with Gasteiger partial charge >= 0.3 is 6.09 Å². The molecule has 0 aliphatic heterocycles. The van der Waals surface area contributed by atoms with Crippen molar-refractivity contribution in [3.63, 3.8) is 0 Å². The predicted molar refractivity (Wildman–Crippen MR) is 78.2 cm³/mol. The van der Waals surface area contributed by atoms with Gasteiger partial charge in [0, 0.05) is 0 Å². The first-order valence-corrected chi connectivity index (χ1v) is 6.98. The third-order valence-electron chi connectivity index (χ3n) is 3.84. The van der Waals surface area contributed by atoms with Gasteiger partial charge in [-0.05, 0) is 53.6 Å². The molecule has 4 heteroatoms. The van der Waals surface area contributed by atoms with Crippen LogP contribution in [0.15, 0.2) is 42.5 Å². The van der Waals surface area contributed by atoms with Crippen LogP contribution in [0.1, 0.15) is 30.1 Å².